The number of rotatable bonds is 4. The third-order valence-electron chi connectivity index (χ3n) is 4.34. The fourth-order valence-corrected chi connectivity index (χ4v) is 2.96. The Labute approximate surface area is 110 Å². The largest absolute Gasteiger partial charge is 0.381 e. The molecular weight excluding hydrogens is 228 g/mol. The second kappa shape index (κ2) is 7.10. The summed E-state index contributed by atoms with van der Waals surface area (Å²) >= 11 is 0. The summed E-state index contributed by atoms with van der Waals surface area (Å²) in [5.74, 6) is 1.19. The molecule has 0 aromatic rings. The van der Waals surface area contributed by atoms with Crippen molar-refractivity contribution < 1.29 is 9.53 Å². The maximum atomic E-state index is 12.0. The Morgan fingerprint density at radius 1 is 1.11 bits per heavy atom. The molecule has 0 aromatic carbocycles. The molecule has 1 saturated heterocycles. The summed E-state index contributed by atoms with van der Waals surface area (Å²) in [4.78, 5) is 12.0. The lowest BCUT2D eigenvalue weighted by atomic mass is 9.86. The summed E-state index contributed by atoms with van der Waals surface area (Å²) in [6.45, 7) is 2.60. The number of carbonyl (C=O) groups is 1. The normalized spacial score (nSPS) is 30.1. The number of carbonyl (C=O) groups excluding carboxylic acids is 1. The van der Waals surface area contributed by atoms with Crippen molar-refractivity contribution in [3.05, 3.63) is 0 Å². The number of nitrogens with two attached hydrogens (primary N) is 1. The van der Waals surface area contributed by atoms with Crippen LogP contribution < -0.4 is 11.1 Å². The first-order valence-corrected chi connectivity index (χ1v) is 7.36. The van der Waals surface area contributed by atoms with Gasteiger partial charge < -0.3 is 15.8 Å². The Morgan fingerprint density at radius 3 is 2.44 bits per heavy atom. The molecule has 2 rings (SSSR count). The molecule has 4 nitrogen and oxygen atoms in total. The van der Waals surface area contributed by atoms with Gasteiger partial charge in [-0.05, 0) is 50.9 Å². The van der Waals surface area contributed by atoms with Crippen LogP contribution in [0, 0.1) is 11.8 Å². The van der Waals surface area contributed by atoms with E-state index in [9.17, 15) is 4.79 Å². The van der Waals surface area contributed by atoms with E-state index >= 15 is 0 Å². The van der Waals surface area contributed by atoms with E-state index in [2.05, 4.69) is 5.32 Å². The smallest absolute Gasteiger partial charge is 0.223 e. The fraction of sp³-hybridized carbons (Fsp3) is 0.929. The van der Waals surface area contributed by atoms with Crippen molar-refractivity contribution >= 4 is 5.91 Å². The molecule has 1 aliphatic heterocycles. The summed E-state index contributed by atoms with van der Waals surface area (Å²) in [5.41, 5.74) is 5.85. The highest BCUT2D eigenvalue weighted by Gasteiger charge is 2.24. The lowest BCUT2D eigenvalue weighted by Gasteiger charge is -2.26. The Bertz CT molecular complexity index is 257. The Morgan fingerprint density at radius 2 is 1.78 bits per heavy atom. The molecule has 3 N–H and O–H groups in total. The molecule has 1 amide bonds. The lowest BCUT2D eigenvalue weighted by Crippen LogP contribution is -2.37. The zero-order valence-corrected chi connectivity index (χ0v) is 11.2. The molecule has 18 heavy (non-hydrogen) atoms. The fourth-order valence-electron chi connectivity index (χ4n) is 2.96. The van der Waals surface area contributed by atoms with Gasteiger partial charge in [0.25, 0.3) is 0 Å². The van der Waals surface area contributed by atoms with Gasteiger partial charge in [-0.2, -0.15) is 0 Å². The first-order chi connectivity index (χ1) is 8.75. The van der Waals surface area contributed by atoms with Crippen LogP contribution in [0.2, 0.25) is 0 Å². The second-order valence-electron chi connectivity index (χ2n) is 5.75. The minimum atomic E-state index is 0.208. The molecule has 104 valence electrons. The highest BCUT2D eigenvalue weighted by atomic mass is 16.5. The van der Waals surface area contributed by atoms with E-state index in [0.29, 0.717) is 6.04 Å². The minimum Gasteiger partial charge on any atom is -0.381 e. The predicted molar refractivity (Wildman–Crippen MR) is 71.1 cm³/mol. The first-order valence-electron chi connectivity index (χ1n) is 7.36. The summed E-state index contributed by atoms with van der Waals surface area (Å²) < 4.78 is 5.33. The van der Waals surface area contributed by atoms with Crippen LogP contribution in [-0.2, 0) is 9.53 Å². The van der Waals surface area contributed by atoms with Gasteiger partial charge in [-0.15, -0.1) is 0 Å². The molecule has 0 atom stereocenters. The van der Waals surface area contributed by atoms with Crippen molar-refractivity contribution in [3.8, 4) is 0 Å². The highest BCUT2D eigenvalue weighted by Crippen LogP contribution is 2.23. The summed E-state index contributed by atoms with van der Waals surface area (Å²) in [6, 6.07) is 0.316. The average molecular weight is 254 g/mol. The third-order valence-corrected chi connectivity index (χ3v) is 4.34. The average Bonchev–Trinajstić information content (AvgIpc) is 2.40. The maximum absolute atomic E-state index is 12.0. The van der Waals surface area contributed by atoms with Crippen molar-refractivity contribution in [2.45, 2.75) is 51.0 Å². The highest BCUT2D eigenvalue weighted by molar-refractivity contribution is 5.78. The van der Waals surface area contributed by atoms with Gasteiger partial charge in [0.05, 0.1) is 0 Å². The Balaban J connectivity index is 1.59. The second-order valence-corrected chi connectivity index (χ2v) is 5.75. The van der Waals surface area contributed by atoms with Gasteiger partial charge in [0.1, 0.15) is 0 Å². The number of nitrogens with one attached hydrogen (secondary N) is 1. The van der Waals surface area contributed by atoms with E-state index in [1.165, 1.54) is 0 Å². The molecule has 0 aromatic heterocycles. The van der Waals surface area contributed by atoms with Crippen molar-refractivity contribution in [2.75, 3.05) is 19.8 Å². The quantitative estimate of drug-likeness (QED) is 0.798. The molecule has 1 heterocycles. The number of ether oxygens (including phenoxy) is 1. The molecule has 0 unspecified atom stereocenters. The first kappa shape index (κ1) is 13.8. The van der Waals surface area contributed by atoms with Gasteiger partial charge in [0, 0.05) is 31.7 Å². The molecule has 2 fully saturated rings. The van der Waals surface area contributed by atoms with Gasteiger partial charge in [0.15, 0.2) is 0 Å². The number of amides is 1. The monoisotopic (exact) mass is 254 g/mol. The van der Waals surface area contributed by atoms with Gasteiger partial charge in [0.2, 0.25) is 5.91 Å². The third kappa shape index (κ3) is 4.25. The Kier molecular flexibility index (Phi) is 5.45. The minimum absolute atomic E-state index is 0.208. The van der Waals surface area contributed by atoms with E-state index in [-0.39, 0.29) is 11.8 Å². The standard InChI is InChI=1S/C14H26N2O2/c15-13-3-1-12(2-4-13)14(17)16-8-5-11-6-9-18-10-7-11/h11-13H,1-10,15H2,(H,16,17). The zero-order valence-electron chi connectivity index (χ0n) is 11.2. The molecule has 2 aliphatic rings. The molecule has 0 bridgehead atoms. The van der Waals surface area contributed by atoms with Gasteiger partial charge in [-0.3, -0.25) is 4.79 Å². The maximum Gasteiger partial charge on any atom is 0.223 e. The summed E-state index contributed by atoms with van der Waals surface area (Å²) in [5, 5.41) is 3.09. The van der Waals surface area contributed by atoms with E-state index in [1.54, 1.807) is 0 Å². The zero-order chi connectivity index (χ0) is 12.8. The lowest BCUT2D eigenvalue weighted by molar-refractivity contribution is -0.126. The van der Waals surface area contributed by atoms with E-state index in [1.807, 2.05) is 0 Å². The molecule has 1 aliphatic carbocycles. The van der Waals surface area contributed by atoms with Crippen LogP contribution in [0.25, 0.3) is 0 Å². The SMILES string of the molecule is NC1CCC(C(=O)NCCC2CCOCC2)CC1. The van der Waals surface area contributed by atoms with Crippen LogP contribution >= 0.6 is 0 Å². The van der Waals surface area contributed by atoms with Crippen LogP contribution in [0.5, 0.6) is 0 Å². The van der Waals surface area contributed by atoms with Crippen LogP contribution in [0.3, 0.4) is 0 Å². The summed E-state index contributed by atoms with van der Waals surface area (Å²) in [7, 11) is 0. The topological polar surface area (TPSA) is 64.4 Å². The molecular formula is C14H26N2O2. The molecule has 0 radical (unpaired) electrons. The van der Waals surface area contributed by atoms with Crippen molar-refractivity contribution in [1.29, 1.82) is 0 Å². The van der Waals surface area contributed by atoms with Gasteiger partial charge >= 0.3 is 0 Å². The van der Waals surface area contributed by atoms with Crippen LogP contribution in [0.15, 0.2) is 0 Å². The Hall–Kier alpha value is -0.610. The molecule has 1 saturated carbocycles. The van der Waals surface area contributed by atoms with Crippen molar-refractivity contribution in [3.63, 3.8) is 0 Å². The van der Waals surface area contributed by atoms with Crippen LogP contribution in [0.4, 0.5) is 0 Å². The van der Waals surface area contributed by atoms with E-state index < -0.39 is 0 Å². The van der Waals surface area contributed by atoms with E-state index in [4.69, 9.17) is 10.5 Å². The van der Waals surface area contributed by atoms with E-state index in [0.717, 1.165) is 70.6 Å². The number of hydrogen-bond acceptors (Lipinski definition) is 3. The van der Waals surface area contributed by atoms with Crippen molar-refractivity contribution in [2.24, 2.45) is 17.6 Å². The van der Waals surface area contributed by atoms with Crippen LogP contribution in [-0.4, -0.2) is 31.7 Å². The number of hydrogen-bond donors (Lipinski definition) is 2. The van der Waals surface area contributed by atoms with Crippen molar-refractivity contribution in [1.82, 2.24) is 5.32 Å². The molecule has 0 spiro atoms. The van der Waals surface area contributed by atoms with Gasteiger partial charge in [-0.25, -0.2) is 0 Å². The molecule has 4 heteroatoms. The summed E-state index contributed by atoms with van der Waals surface area (Å²) in [6.07, 6.45) is 7.31. The van der Waals surface area contributed by atoms with Crippen LogP contribution in [0.1, 0.15) is 44.9 Å². The van der Waals surface area contributed by atoms with Gasteiger partial charge in [-0.1, -0.05) is 0 Å². The predicted octanol–water partition coefficient (Wildman–Crippen LogP) is 1.44.